The van der Waals surface area contributed by atoms with Crippen LogP contribution in [-0.4, -0.2) is 35.1 Å². The van der Waals surface area contributed by atoms with Gasteiger partial charge in [-0.1, -0.05) is 18.2 Å². The molecule has 0 saturated carbocycles. The number of aliphatic hydroxyl groups is 1. The van der Waals surface area contributed by atoms with Crippen LogP contribution in [0.1, 0.15) is 12.0 Å². The summed E-state index contributed by atoms with van der Waals surface area (Å²) in [6, 6.07) is 6.57. The van der Waals surface area contributed by atoms with Gasteiger partial charge in [-0.3, -0.25) is 4.79 Å². The molecule has 0 spiro atoms. The Hall–Kier alpha value is -1.76. The third-order valence-corrected chi connectivity index (χ3v) is 3.42. The second-order valence-electron chi connectivity index (χ2n) is 4.92. The molecule has 0 aromatic heterocycles. The summed E-state index contributed by atoms with van der Waals surface area (Å²) in [5.41, 5.74) is -1.25. The molecule has 1 heterocycles. The van der Waals surface area contributed by atoms with Crippen LogP contribution >= 0.6 is 0 Å². The van der Waals surface area contributed by atoms with Gasteiger partial charge in [-0.05, 0) is 18.1 Å². The third-order valence-electron chi connectivity index (χ3n) is 3.42. The van der Waals surface area contributed by atoms with Gasteiger partial charge in [-0.2, -0.15) is 13.2 Å². The summed E-state index contributed by atoms with van der Waals surface area (Å²) in [6.45, 7) is -0.396. The number of carboxylic acid groups (broad SMARTS) is 1. The van der Waals surface area contributed by atoms with Gasteiger partial charge in [0.25, 0.3) is 0 Å². The van der Waals surface area contributed by atoms with Crippen LogP contribution in [0.25, 0.3) is 0 Å². The van der Waals surface area contributed by atoms with Gasteiger partial charge in [0.15, 0.2) is 6.10 Å². The Bertz CT molecular complexity index is 515. The first-order chi connectivity index (χ1) is 9.24. The topological polar surface area (TPSA) is 66.8 Å². The molecule has 2 N–H and O–H groups in total. The van der Waals surface area contributed by atoms with E-state index in [9.17, 15) is 23.1 Å². The Kier molecular flexibility index (Phi) is 3.64. The van der Waals surface area contributed by atoms with E-state index in [-0.39, 0.29) is 6.42 Å². The lowest BCUT2D eigenvalue weighted by molar-refractivity contribution is -0.216. The zero-order valence-electron chi connectivity index (χ0n) is 10.4. The van der Waals surface area contributed by atoms with Crippen molar-refractivity contribution in [3.05, 3.63) is 29.8 Å². The van der Waals surface area contributed by atoms with Crippen molar-refractivity contribution in [2.75, 3.05) is 6.61 Å². The molecule has 110 valence electrons. The highest BCUT2D eigenvalue weighted by molar-refractivity contribution is 5.76. The van der Waals surface area contributed by atoms with Crippen LogP contribution in [0.2, 0.25) is 0 Å². The Morgan fingerprint density at radius 2 is 2.05 bits per heavy atom. The van der Waals surface area contributed by atoms with Crippen molar-refractivity contribution in [1.29, 1.82) is 0 Å². The fourth-order valence-electron chi connectivity index (χ4n) is 2.26. The zero-order chi connectivity index (χ0) is 15.0. The highest BCUT2D eigenvalue weighted by Gasteiger charge is 2.50. The number of alkyl halides is 3. The number of para-hydroxylation sites is 1. The number of aliphatic carboxylic acids is 1. The first kappa shape index (κ1) is 14.6. The maximum atomic E-state index is 12.4. The second kappa shape index (κ2) is 4.97. The largest absolute Gasteiger partial charge is 0.492 e. The minimum absolute atomic E-state index is 0.106. The lowest BCUT2D eigenvalue weighted by atomic mass is 9.76. The summed E-state index contributed by atoms with van der Waals surface area (Å²) in [5, 5.41) is 18.4. The van der Waals surface area contributed by atoms with Crippen molar-refractivity contribution in [2.24, 2.45) is 5.41 Å². The Morgan fingerprint density at radius 1 is 1.40 bits per heavy atom. The number of benzene rings is 1. The quantitative estimate of drug-likeness (QED) is 0.893. The zero-order valence-corrected chi connectivity index (χ0v) is 10.4. The maximum absolute atomic E-state index is 12.4. The Balaban J connectivity index is 2.27. The average molecular weight is 290 g/mol. The van der Waals surface area contributed by atoms with Crippen LogP contribution in [0.5, 0.6) is 5.75 Å². The number of carboxylic acids is 1. The van der Waals surface area contributed by atoms with E-state index in [1.54, 1.807) is 24.3 Å². The van der Waals surface area contributed by atoms with E-state index < -0.39 is 36.7 Å². The summed E-state index contributed by atoms with van der Waals surface area (Å²) >= 11 is 0. The van der Waals surface area contributed by atoms with Gasteiger partial charge >= 0.3 is 12.1 Å². The number of rotatable bonds is 3. The van der Waals surface area contributed by atoms with Gasteiger partial charge in [0.2, 0.25) is 0 Å². The summed E-state index contributed by atoms with van der Waals surface area (Å²) in [5.74, 6) is -0.943. The van der Waals surface area contributed by atoms with Crippen molar-refractivity contribution in [3.63, 3.8) is 0 Å². The average Bonchev–Trinajstić information content (AvgIpc) is 2.37. The molecule has 4 nitrogen and oxygen atoms in total. The van der Waals surface area contributed by atoms with Crippen LogP contribution in [0, 0.1) is 5.41 Å². The van der Waals surface area contributed by atoms with Crippen LogP contribution in [-0.2, 0) is 11.2 Å². The van der Waals surface area contributed by atoms with Crippen LogP contribution < -0.4 is 4.74 Å². The molecular weight excluding hydrogens is 277 g/mol. The molecule has 1 aliphatic heterocycles. The second-order valence-corrected chi connectivity index (χ2v) is 4.92. The highest BCUT2D eigenvalue weighted by Crippen LogP contribution is 2.40. The van der Waals surface area contributed by atoms with Crippen molar-refractivity contribution < 1.29 is 32.9 Å². The molecule has 1 aliphatic rings. The molecule has 0 radical (unpaired) electrons. The van der Waals surface area contributed by atoms with E-state index in [0.29, 0.717) is 11.3 Å². The Morgan fingerprint density at radius 3 is 2.65 bits per heavy atom. The molecule has 7 heteroatoms. The summed E-state index contributed by atoms with van der Waals surface area (Å²) in [4.78, 5) is 11.4. The molecule has 0 aliphatic carbocycles. The molecule has 2 atom stereocenters. The predicted molar refractivity (Wildman–Crippen MR) is 62.4 cm³/mol. The number of fused-ring (bicyclic) bond motifs is 1. The van der Waals surface area contributed by atoms with E-state index in [2.05, 4.69) is 0 Å². The third kappa shape index (κ3) is 2.72. The SMILES string of the molecule is O=C(O)C1(CC(O)C(F)(F)F)COc2ccccc2C1. The molecule has 0 bridgehead atoms. The highest BCUT2D eigenvalue weighted by atomic mass is 19.4. The summed E-state index contributed by atoms with van der Waals surface area (Å²) in [7, 11) is 0. The number of hydrogen-bond acceptors (Lipinski definition) is 3. The van der Waals surface area contributed by atoms with Crippen molar-refractivity contribution in [1.82, 2.24) is 0 Å². The van der Waals surface area contributed by atoms with Gasteiger partial charge in [-0.25, -0.2) is 0 Å². The lowest BCUT2D eigenvalue weighted by Gasteiger charge is -2.36. The minimum Gasteiger partial charge on any atom is -0.492 e. The Labute approximate surface area is 112 Å². The smallest absolute Gasteiger partial charge is 0.414 e. The van der Waals surface area contributed by atoms with Gasteiger partial charge < -0.3 is 14.9 Å². The molecule has 2 rings (SSSR count). The monoisotopic (exact) mass is 290 g/mol. The van der Waals surface area contributed by atoms with Crippen molar-refractivity contribution in [3.8, 4) is 5.75 Å². The van der Waals surface area contributed by atoms with Crippen molar-refractivity contribution in [2.45, 2.75) is 25.1 Å². The van der Waals surface area contributed by atoms with E-state index in [1.165, 1.54) is 0 Å². The predicted octanol–water partition coefficient (Wildman–Crippen LogP) is 2.01. The summed E-state index contributed by atoms with van der Waals surface area (Å²) < 4.78 is 42.6. The maximum Gasteiger partial charge on any atom is 0.414 e. The van der Waals surface area contributed by atoms with Crippen molar-refractivity contribution >= 4 is 5.97 Å². The summed E-state index contributed by atoms with van der Waals surface area (Å²) in [6.07, 6.45) is -8.57. The molecule has 1 aromatic carbocycles. The molecular formula is C13H13F3O4. The van der Waals surface area contributed by atoms with E-state index in [0.717, 1.165) is 0 Å². The number of halogens is 3. The van der Waals surface area contributed by atoms with Crippen LogP contribution in [0.4, 0.5) is 13.2 Å². The molecule has 0 saturated heterocycles. The fourth-order valence-corrected chi connectivity index (χ4v) is 2.26. The molecule has 2 unspecified atom stereocenters. The minimum atomic E-state index is -4.85. The molecule has 1 aromatic rings. The standard InChI is InChI=1S/C13H13F3O4/c14-13(15,16)10(17)6-12(11(18)19)5-8-3-1-2-4-9(8)20-7-12/h1-4,10,17H,5-7H2,(H,18,19). The van der Waals surface area contributed by atoms with Gasteiger partial charge in [-0.15, -0.1) is 0 Å². The lowest BCUT2D eigenvalue weighted by Crippen LogP contribution is -2.47. The molecule has 0 fully saturated rings. The first-order valence-corrected chi connectivity index (χ1v) is 5.93. The normalized spacial score (nSPS) is 23.6. The van der Waals surface area contributed by atoms with E-state index in [4.69, 9.17) is 9.84 Å². The number of aliphatic hydroxyl groups excluding tert-OH is 1. The molecule has 20 heavy (non-hydrogen) atoms. The van der Waals surface area contributed by atoms with Crippen LogP contribution in [0.3, 0.4) is 0 Å². The molecule has 0 amide bonds. The number of hydrogen-bond donors (Lipinski definition) is 2. The van der Waals surface area contributed by atoms with Gasteiger partial charge in [0.05, 0.1) is 0 Å². The van der Waals surface area contributed by atoms with Gasteiger partial charge in [0.1, 0.15) is 17.8 Å². The number of ether oxygens (including phenoxy) is 1. The first-order valence-electron chi connectivity index (χ1n) is 5.93. The fraction of sp³-hybridized carbons (Fsp3) is 0.462. The van der Waals surface area contributed by atoms with E-state index in [1.807, 2.05) is 0 Å². The van der Waals surface area contributed by atoms with Crippen LogP contribution in [0.15, 0.2) is 24.3 Å². The van der Waals surface area contributed by atoms with E-state index >= 15 is 0 Å². The van der Waals surface area contributed by atoms with Gasteiger partial charge in [0, 0.05) is 6.42 Å². The number of carbonyl (C=O) groups is 1.